The van der Waals surface area contributed by atoms with Gasteiger partial charge in [-0.05, 0) is 68.7 Å². The fourth-order valence-corrected chi connectivity index (χ4v) is 4.86. The Morgan fingerprint density at radius 2 is 1.42 bits per heavy atom. The topological polar surface area (TPSA) is 76.1 Å². The number of hydrogen-bond acceptors (Lipinski definition) is 5. The van der Waals surface area contributed by atoms with Crippen molar-refractivity contribution in [1.29, 1.82) is 0 Å². The van der Waals surface area contributed by atoms with Crippen LogP contribution in [-0.2, 0) is 9.59 Å². The van der Waals surface area contributed by atoms with Crippen molar-refractivity contribution in [2.45, 2.75) is 58.0 Å². The number of hydrogen-bond donors (Lipinski definition) is 1. The second-order valence-electron chi connectivity index (χ2n) is 8.46. The van der Waals surface area contributed by atoms with Gasteiger partial charge in [-0.2, -0.15) is 0 Å². The Morgan fingerprint density at radius 3 is 1.97 bits per heavy atom. The van der Waals surface area contributed by atoms with E-state index in [1.54, 1.807) is 29.2 Å². The molecule has 1 amide bonds. The third kappa shape index (κ3) is 4.61. The third-order valence-electron chi connectivity index (χ3n) is 6.39. The number of Topliss-reactive ketones (excluding diaryl/α,β-unsaturated/α-hetero) is 1. The van der Waals surface area contributed by atoms with Crippen molar-refractivity contribution in [2.24, 2.45) is 0 Å². The Morgan fingerprint density at radius 1 is 0.879 bits per heavy atom. The molecule has 0 aromatic heterocycles. The zero-order valence-electron chi connectivity index (χ0n) is 19.3. The van der Waals surface area contributed by atoms with Gasteiger partial charge in [0.05, 0.1) is 24.8 Å². The molecule has 6 nitrogen and oxygen atoms in total. The van der Waals surface area contributed by atoms with Crippen molar-refractivity contribution >= 4 is 17.4 Å². The summed E-state index contributed by atoms with van der Waals surface area (Å²) in [5.41, 5.74) is 1.41. The van der Waals surface area contributed by atoms with E-state index in [0.29, 0.717) is 24.5 Å². The van der Waals surface area contributed by atoms with Crippen molar-refractivity contribution in [3.63, 3.8) is 0 Å². The van der Waals surface area contributed by atoms with Crippen molar-refractivity contribution in [2.75, 3.05) is 13.2 Å². The zero-order valence-corrected chi connectivity index (χ0v) is 19.3. The van der Waals surface area contributed by atoms with E-state index in [0.717, 1.165) is 43.4 Å². The summed E-state index contributed by atoms with van der Waals surface area (Å²) in [5.74, 6) is 0.0786. The Labute approximate surface area is 194 Å². The molecule has 1 aliphatic carbocycles. The largest absolute Gasteiger partial charge is 0.507 e. The van der Waals surface area contributed by atoms with Crippen molar-refractivity contribution in [1.82, 2.24) is 4.90 Å². The minimum atomic E-state index is -0.633. The van der Waals surface area contributed by atoms with Gasteiger partial charge in [0.15, 0.2) is 0 Å². The van der Waals surface area contributed by atoms with Crippen LogP contribution in [0.25, 0.3) is 5.76 Å². The van der Waals surface area contributed by atoms with Crippen LogP contribution in [0.2, 0.25) is 0 Å². The number of ether oxygens (including phenoxy) is 2. The fraction of sp³-hybridized carbons (Fsp3) is 0.407. The van der Waals surface area contributed by atoms with Crippen molar-refractivity contribution in [3.05, 3.63) is 65.2 Å². The van der Waals surface area contributed by atoms with Crippen LogP contribution in [0.4, 0.5) is 0 Å². The van der Waals surface area contributed by atoms with Crippen LogP contribution in [0.15, 0.2) is 54.1 Å². The number of nitrogens with zero attached hydrogens (tertiary/aromatic N) is 1. The maximum Gasteiger partial charge on any atom is 0.295 e. The van der Waals surface area contributed by atoms with E-state index in [-0.39, 0.29) is 17.4 Å². The lowest BCUT2D eigenvalue weighted by Gasteiger charge is -2.35. The Kier molecular flexibility index (Phi) is 7.02. The van der Waals surface area contributed by atoms with Crippen LogP contribution in [0.3, 0.4) is 0 Å². The summed E-state index contributed by atoms with van der Waals surface area (Å²) in [4.78, 5) is 28.2. The van der Waals surface area contributed by atoms with E-state index in [1.165, 1.54) is 0 Å². The van der Waals surface area contributed by atoms with Crippen LogP contribution in [0, 0.1) is 0 Å². The molecule has 2 aliphatic rings. The molecule has 0 spiro atoms. The monoisotopic (exact) mass is 449 g/mol. The van der Waals surface area contributed by atoms with Gasteiger partial charge in [0.1, 0.15) is 17.3 Å². The fourth-order valence-electron chi connectivity index (χ4n) is 4.86. The minimum absolute atomic E-state index is 0.0163. The van der Waals surface area contributed by atoms with E-state index in [9.17, 15) is 14.7 Å². The average molecular weight is 450 g/mol. The molecule has 1 saturated carbocycles. The maximum absolute atomic E-state index is 13.2. The number of benzene rings is 2. The Bertz CT molecular complexity index is 1020. The molecule has 2 aromatic rings. The lowest BCUT2D eigenvalue weighted by atomic mass is 9.91. The molecule has 1 heterocycles. The van der Waals surface area contributed by atoms with E-state index < -0.39 is 17.7 Å². The summed E-state index contributed by atoms with van der Waals surface area (Å²) in [7, 11) is 0. The van der Waals surface area contributed by atoms with Crippen molar-refractivity contribution in [3.8, 4) is 11.5 Å². The number of rotatable bonds is 7. The molecule has 1 unspecified atom stereocenters. The van der Waals surface area contributed by atoms with Crippen LogP contribution >= 0.6 is 0 Å². The van der Waals surface area contributed by atoms with Crippen LogP contribution < -0.4 is 9.47 Å². The second-order valence-corrected chi connectivity index (χ2v) is 8.46. The summed E-state index contributed by atoms with van der Waals surface area (Å²) >= 11 is 0. The smallest absolute Gasteiger partial charge is 0.295 e. The van der Waals surface area contributed by atoms with Gasteiger partial charge in [-0.1, -0.05) is 31.4 Å². The summed E-state index contributed by atoms with van der Waals surface area (Å²) in [5, 5.41) is 11.2. The highest BCUT2D eigenvalue weighted by atomic mass is 16.5. The molecular formula is C27H31NO5. The molecule has 1 aliphatic heterocycles. The number of carbonyl (C=O) groups excluding carboxylic acids is 2. The van der Waals surface area contributed by atoms with Gasteiger partial charge in [0, 0.05) is 11.6 Å². The summed E-state index contributed by atoms with van der Waals surface area (Å²) in [6.45, 7) is 4.91. The second kappa shape index (κ2) is 10.1. The summed E-state index contributed by atoms with van der Waals surface area (Å²) in [6.07, 6.45) is 4.93. The van der Waals surface area contributed by atoms with Gasteiger partial charge in [-0.3, -0.25) is 9.59 Å². The van der Waals surface area contributed by atoms with Crippen LogP contribution in [-0.4, -0.2) is 41.0 Å². The lowest BCUT2D eigenvalue weighted by Crippen LogP contribution is -2.40. The Hall–Kier alpha value is -3.28. The third-order valence-corrected chi connectivity index (χ3v) is 6.39. The standard InChI is InChI=1S/C27H31NO5/c1-3-32-21-14-10-18(11-15-21)24-23(25(29)19-12-16-22(17-13-19)33-4-2)26(30)27(31)28(24)20-8-6-5-7-9-20/h10-17,20,24,29H,3-9H2,1-2H3/b25-23-. The lowest BCUT2D eigenvalue weighted by molar-refractivity contribution is -0.141. The number of likely N-dealkylation sites (tertiary alicyclic amines) is 1. The summed E-state index contributed by atoms with van der Waals surface area (Å²) in [6, 6.07) is 13.7. The van der Waals surface area contributed by atoms with Crippen molar-refractivity contribution < 1.29 is 24.2 Å². The first-order valence-corrected chi connectivity index (χ1v) is 11.8. The first kappa shape index (κ1) is 22.9. The average Bonchev–Trinajstić information content (AvgIpc) is 3.11. The number of amides is 1. The highest BCUT2D eigenvalue weighted by Crippen LogP contribution is 2.43. The number of carbonyl (C=O) groups is 2. The van der Waals surface area contributed by atoms with Crippen LogP contribution in [0.1, 0.15) is 63.1 Å². The normalized spacial score (nSPS) is 20.8. The number of ketones is 1. The predicted molar refractivity (Wildman–Crippen MR) is 126 cm³/mol. The van der Waals surface area contributed by atoms with Gasteiger partial charge >= 0.3 is 0 Å². The van der Waals surface area contributed by atoms with E-state index in [1.807, 2.05) is 38.1 Å². The molecule has 0 radical (unpaired) electrons. The molecule has 174 valence electrons. The highest BCUT2D eigenvalue weighted by molar-refractivity contribution is 6.46. The van der Waals surface area contributed by atoms with E-state index in [2.05, 4.69) is 0 Å². The highest BCUT2D eigenvalue weighted by Gasteiger charge is 2.48. The molecular weight excluding hydrogens is 418 g/mol. The molecule has 0 bridgehead atoms. The predicted octanol–water partition coefficient (Wildman–Crippen LogP) is 5.24. The quantitative estimate of drug-likeness (QED) is 0.355. The zero-order chi connectivity index (χ0) is 23.4. The molecule has 4 rings (SSSR count). The molecule has 1 saturated heterocycles. The SMILES string of the molecule is CCOc1ccc(/C(O)=C2/C(=O)C(=O)N(C3CCCCC3)C2c2ccc(OCC)cc2)cc1. The maximum atomic E-state index is 13.2. The molecule has 2 aromatic carbocycles. The van der Waals surface area contributed by atoms with Gasteiger partial charge in [0.2, 0.25) is 0 Å². The van der Waals surface area contributed by atoms with E-state index >= 15 is 0 Å². The summed E-state index contributed by atoms with van der Waals surface area (Å²) < 4.78 is 11.0. The molecule has 33 heavy (non-hydrogen) atoms. The van der Waals surface area contributed by atoms with Gasteiger partial charge in [0.25, 0.3) is 11.7 Å². The van der Waals surface area contributed by atoms with Gasteiger partial charge < -0.3 is 19.5 Å². The van der Waals surface area contributed by atoms with Crippen LogP contribution in [0.5, 0.6) is 11.5 Å². The van der Waals surface area contributed by atoms with Gasteiger partial charge in [-0.25, -0.2) is 0 Å². The van der Waals surface area contributed by atoms with Gasteiger partial charge in [-0.15, -0.1) is 0 Å². The first-order valence-electron chi connectivity index (χ1n) is 11.8. The number of aliphatic hydroxyl groups excluding tert-OH is 1. The Balaban J connectivity index is 1.79. The first-order chi connectivity index (χ1) is 16.0. The minimum Gasteiger partial charge on any atom is -0.507 e. The number of aliphatic hydroxyl groups is 1. The van der Waals surface area contributed by atoms with E-state index in [4.69, 9.17) is 9.47 Å². The molecule has 1 atom stereocenters. The molecule has 6 heteroatoms. The molecule has 1 N–H and O–H groups in total. The molecule has 2 fully saturated rings.